The molecule has 0 bridgehead atoms. The quantitative estimate of drug-likeness (QED) is 0.449. The Kier molecular flexibility index (Phi) is 9.13. The lowest BCUT2D eigenvalue weighted by Crippen LogP contribution is -2.15. The molecule has 0 aromatic rings. The first kappa shape index (κ1) is 16.4. The number of rotatable bonds is 10. The van der Waals surface area contributed by atoms with Crippen molar-refractivity contribution < 1.29 is 17.9 Å². The molecular formula is C12H24O4S. The van der Waals surface area contributed by atoms with E-state index in [1.165, 1.54) is 26.4 Å². The van der Waals surface area contributed by atoms with E-state index in [1.807, 2.05) is 0 Å². The molecule has 0 amide bonds. The molecule has 0 saturated carbocycles. The van der Waals surface area contributed by atoms with Gasteiger partial charge in [-0.25, -0.2) is 8.42 Å². The number of hydrogen-bond acceptors (Lipinski definition) is 4. The van der Waals surface area contributed by atoms with E-state index in [4.69, 9.17) is 0 Å². The van der Waals surface area contributed by atoms with E-state index in [0.717, 1.165) is 12.8 Å². The van der Waals surface area contributed by atoms with Crippen LogP contribution in [0.1, 0.15) is 51.9 Å². The van der Waals surface area contributed by atoms with Gasteiger partial charge < -0.3 is 4.74 Å². The van der Waals surface area contributed by atoms with Gasteiger partial charge in [-0.1, -0.05) is 39.0 Å². The highest BCUT2D eigenvalue weighted by molar-refractivity contribution is 7.91. The maximum absolute atomic E-state index is 11.5. The molecule has 0 atom stereocenters. The molecule has 0 aliphatic heterocycles. The van der Waals surface area contributed by atoms with Gasteiger partial charge in [0.2, 0.25) is 0 Å². The van der Waals surface area contributed by atoms with Gasteiger partial charge in [-0.05, 0) is 6.42 Å². The molecule has 0 rings (SSSR count). The summed E-state index contributed by atoms with van der Waals surface area (Å²) < 4.78 is 27.5. The maximum atomic E-state index is 11.5. The molecule has 17 heavy (non-hydrogen) atoms. The molecule has 102 valence electrons. The van der Waals surface area contributed by atoms with Gasteiger partial charge in [-0.15, -0.1) is 0 Å². The first-order valence-electron chi connectivity index (χ1n) is 6.29. The molecule has 0 fully saturated rings. The average molecular weight is 264 g/mol. The first-order valence-corrected chi connectivity index (χ1v) is 8.11. The van der Waals surface area contributed by atoms with Crippen molar-refractivity contribution in [2.24, 2.45) is 0 Å². The first-order chi connectivity index (χ1) is 8.02. The minimum absolute atomic E-state index is 0.0331. The Labute approximate surface area is 105 Å². The second-order valence-electron chi connectivity index (χ2n) is 4.25. The monoisotopic (exact) mass is 264 g/mol. The Balaban J connectivity index is 3.61. The Morgan fingerprint density at radius 3 is 2.18 bits per heavy atom. The van der Waals surface area contributed by atoms with Crippen molar-refractivity contribution in [3.63, 3.8) is 0 Å². The number of carbonyl (C=O) groups is 1. The third-order valence-electron chi connectivity index (χ3n) is 2.65. The van der Waals surface area contributed by atoms with Crippen LogP contribution in [0.5, 0.6) is 0 Å². The predicted molar refractivity (Wildman–Crippen MR) is 68.7 cm³/mol. The summed E-state index contributed by atoms with van der Waals surface area (Å²) in [4.78, 5) is 10.8. The van der Waals surface area contributed by atoms with E-state index >= 15 is 0 Å². The molecule has 4 nitrogen and oxygen atoms in total. The predicted octanol–water partition coefficient (Wildman–Crippen LogP) is 2.32. The van der Waals surface area contributed by atoms with Crippen LogP contribution >= 0.6 is 0 Å². The fourth-order valence-electron chi connectivity index (χ4n) is 1.55. The zero-order chi connectivity index (χ0) is 13.1. The summed E-state index contributed by atoms with van der Waals surface area (Å²) in [5, 5.41) is 0. The highest BCUT2D eigenvalue weighted by atomic mass is 32.2. The van der Waals surface area contributed by atoms with Crippen molar-refractivity contribution in [1.29, 1.82) is 0 Å². The van der Waals surface area contributed by atoms with E-state index in [0.29, 0.717) is 6.42 Å². The minimum atomic E-state index is -3.08. The number of ether oxygens (including phenoxy) is 1. The molecule has 0 radical (unpaired) electrons. The molecule has 0 unspecified atom stereocenters. The summed E-state index contributed by atoms with van der Waals surface area (Å²) in [5.41, 5.74) is 0. The van der Waals surface area contributed by atoms with Crippen LogP contribution in [0, 0.1) is 0 Å². The van der Waals surface area contributed by atoms with Gasteiger partial charge >= 0.3 is 5.97 Å². The van der Waals surface area contributed by atoms with Crippen molar-refractivity contribution in [3.05, 3.63) is 0 Å². The van der Waals surface area contributed by atoms with E-state index in [-0.39, 0.29) is 17.9 Å². The molecule has 0 aromatic carbocycles. The molecule has 5 heteroatoms. The van der Waals surface area contributed by atoms with Gasteiger partial charge in [-0.2, -0.15) is 0 Å². The van der Waals surface area contributed by atoms with Crippen molar-refractivity contribution in [2.45, 2.75) is 51.9 Å². The van der Waals surface area contributed by atoms with E-state index < -0.39 is 15.8 Å². The van der Waals surface area contributed by atoms with Crippen LogP contribution in [0.2, 0.25) is 0 Å². The fourth-order valence-corrected chi connectivity index (χ4v) is 2.87. The average Bonchev–Trinajstić information content (AvgIpc) is 2.30. The highest BCUT2D eigenvalue weighted by Crippen LogP contribution is 2.07. The van der Waals surface area contributed by atoms with Crippen molar-refractivity contribution in [1.82, 2.24) is 0 Å². The number of hydrogen-bond donors (Lipinski definition) is 0. The van der Waals surface area contributed by atoms with Gasteiger partial charge in [0, 0.05) is 0 Å². The van der Waals surface area contributed by atoms with Crippen LogP contribution in [0.25, 0.3) is 0 Å². The molecule has 0 aromatic heterocycles. The molecule has 0 saturated heterocycles. The number of unbranched alkanes of at least 4 members (excludes halogenated alkanes) is 5. The summed E-state index contributed by atoms with van der Waals surface area (Å²) in [6.45, 7) is 2.15. The van der Waals surface area contributed by atoms with Crippen LogP contribution < -0.4 is 0 Å². The highest BCUT2D eigenvalue weighted by Gasteiger charge is 2.13. The van der Waals surface area contributed by atoms with Crippen LogP contribution in [-0.2, 0) is 19.4 Å². The van der Waals surface area contributed by atoms with Gasteiger partial charge in [0.15, 0.2) is 9.84 Å². The van der Waals surface area contributed by atoms with Crippen molar-refractivity contribution in [2.75, 3.05) is 18.6 Å². The van der Waals surface area contributed by atoms with E-state index in [2.05, 4.69) is 11.7 Å². The Hall–Kier alpha value is -0.580. The standard InChI is InChI=1S/C12H24O4S/c1-3-4-5-6-7-8-10-17(14,15)11-9-12(13)16-2/h3-11H2,1-2H3. The zero-order valence-corrected chi connectivity index (χ0v) is 11.7. The number of esters is 1. The van der Waals surface area contributed by atoms with Gasteiger partial charge in [-0.3, -0.25) is 4.79 Å². The zero-order valence-electron chi connectivity index (χ0n) is 10.9. The van der Waals surface area contributed by atoms with Crippen LogP contribution in [0.15, 0.2) is 0 Å². The molecule has 0 N–H and O–H groups in total. The number of sulfone groups is 1. The maximum Gasteiger partial charge on any atom is 0.306 e. The molecular weight excluding hydrogens is 240 g/mol. The normalized spacial score (nSPS) is 11.4. The third-order valence-corrected chi connectivity index (χ3v) is 4.39. The second-order valence-corrected chi connectivity index (χ2v) is 6.55. The van der Waals surface area contributed by atoms with Crippen LogP contribution in [0.4, 0.5) is 0 Å². The van der Waals surface area contributed by atoms with Crippen molar-refractivity contribution in [3.8, 4) is 0 Å². The topological polar surface area (TPSA) is 60.4 Å². The molecule has 0 aliphatic rings. The van der Waals surface area contributed by atoms with Gasteiger partial charge in [0.1, 0.15) is 0 Å². The Morgan fingerprint density at radius 1 is 1.00 bits per heavy atom. The minimum Gasteiger partial charge on any atom is -0.469 e. The summed E-state index contributed by atoms with van der Waals surface area (Å²) in [7, 11) is -1.81. The molecule has 0 heterocycles. The number of carbonyl (C=O) groups excluding carboxylic acids is 1. The smallest absolute Gasteiger partial charge is 0.306 e. The van der Waals surface area contributed by atoms with Gasteiger partial charge in [0.05, 0.1) is 25.0 Å². The second kappa shape index (κ2) is 9.45. The SMILES string of the molecule is CCCCCCCCS(=O)(=O)CCC(=O)OC. The van der Waals surface area contributed by atoms with E-state index in [9.17, 15) is 13.2 Å². The summed E-state index contributed by atoms with van der Waals surface area (Å²) in [6, 6.07) is 0. The number of methoxy groups -OCH3 is 1. The van der Waals surface area contributed by atoms with Crippen LogP contribution in [-0.4, -0.2) is 33.0 Å². The molecule has 0 aliphatic carbocycles. The molecule has 0 spiro atoms. The Morgan fingerprint density at radius 2 is 1.59 bits per heavy atom. The summed E-state index contributed by atoms with van der Waals surface area (Å²) in [5.74, 6) is -0.360. The van der Waals surface area contributed by atoms with Gasteiger partial charge in [0.25, 0.3) is 0 Å². The van der Waals surface area contributed by atoms with Crippen molar-refractivity contribution >= 4 is 15.8 Å². The largest absolute Gasteiger partial charge is 0.469 e. The summed E-state index contributed by atoms with van der Waals surface area (Å²) in [6.07, 6.45) is 6.31. The van der Waals surface area contributed by atoms with E-state index in [1.54, 1.807) is 0 Å². The lowest BCUT2D eigenvalue weighted by molar-refractivity contribution is -0.140. The fraction of sp³-hybridized carbons (Fsp3) is 0.917. The Bertz CT molecular complexity index is 296. The lowest BCUT2D eigenvalue weighted by atomic mass is 10.1. The third kappa shape index (κ3) is 10.3. The lowest BCUT2D eigenvalue weighted by Gasteiger charge is -2.03. The summed E-state index contributed by atoms with van der Waals surface area (Å²) >= 11 is 0. The van der Waals surface area contributed by atoms with Crippen LogP contribution in [0.3, 0.4) is 0 Å².